The Bertz CT molecular complexity index is 1530. The number of halogens is 2. The van der Waals surface area contributed by atoms with Gasteiger partial charge >= 0.3 is 11.9 Å². The first-order chi connectivity index (χ1) is 21.1. The molecule has 4 aliphatic rings. The second-order valence-corrected chi connectivity index (χ2v) is 12.9. The number of esters is 1. The number of benzene rings is 1. The minimum absolute atomic E-state index is 0.0112. The highest BCUT2D eigenvalue weighted by atomic mass is 32.1. The number of rotatable bonds is 9. The van der Waals surface area contributed by atoms with Crippen molar-refractivity contribution in [2.75, 3.05) is 39.3 Å². The van der Waals surface area contributed by atoms with E-state index in [2.05, 4.69) is 10.3 Å². The Morgan fingerprint density at radius 2 is 2.07 bits per heavy atom. The molecule has 1 aromatic heterocycles. The maximum absolute atomic E-state index is 16.2. The van der Waals surface area contributed by atoms with Crippen molar-refractivity contribution >= 4 is 35.0 Å². The topological polar surface area (TPSA) is 124 Å². The molecule has 2 aromatic rings. The van der Waals surface area contributed by atoms with E-state index in [4.69, 9.17) is 9.73 Å². The lowest BCUT2D eigenvalue weighted by atomic mass is 9.75. The van der Waals surface area contributed by atoms with E-state index in [1.54, 1.807) is 37.1 Å². The highest BCUT2D eigenvalue weighted by Crippen LogP contribution is 2.43. The Morgan fingerprint density at radius 1 is 1.27 bits per heavy atom. The summed E-state index contributed by atoms with van der Waals surface area (Å²) in [5, 5.41) is 14.9. The van der Waals surface area contributed by atoms with Gasteiger partial charge < -0.3 is 20.1 Å². The third-order valence-corrected chi connectivity index (χ3v) is 10.1. The molecule has 1 aromatic carbocycles. The van der Waals surface area contributed by atoms with Crippen LogP contribution in [0.25, 0.3) is 0 Å². The average Bonchev–Trinajstić information content (AvgIpc) is 3.59. The van der Waals surface area contributed by atoms with Gasteiger partial charge in [-0.2, -0.15) is 0 Å². The Hall–Kier alpha value is -3.71. The molecule has 0 radical (unpaired) electrons. The standard InChI is InChI=1S/C31H35F2N5O5S/c1-3-43-29(41)24-23(35-26(27-34-8-10-44-27)36-25(24)21-5-4-6-22(32)17(21)2)16-37-9-7-31(33)20(14-37)15-38(30(31)42)13-18-11-19(12-18)28(39)40/h4-6,8,10,18-20,25H,3,7,9,11-16H2,1-2H3,(H,35,36)(H,39,40)/t18?,19?,20-,25-,31+/m0/s1. The number of carboxylic acids is 1. The highest BCUT2D eigenvalue weighted by molar-refractivity contribution is 7.11. The molecule has 10 nitrogen and oxygen atoms in total. The summed E-state index contributed by atoms with van der Waals surface area (Å²) in [5.74, 6) is -2.78. The molecule has 0 bridgehead atoms. The van der Waals surface area contributed by atoms with Crippen LogP contribution < -0.4 is 5.32 Å². The van der Waals surface area contributed by atoms with Crippen molar-refractivity contribution in [2.24, 2.45) is 22.7 Å². The van der Waals surface area contributed by atoms with Gasteiger partial charge in [0.1, 0.15) is 11.9 Å². The zero-order valence-electron chi connectivity index (χ0n) is 24.6. The van der Waals surface area contributed by atoms with Gasteiger partial charge in [0.25, 0.3) is 5.91 Å². The van der Waals surface area contributed by atoms with Crippen LogP contribution in [0.15, 0.2) is 46.0 Å². The number of amides is 1. The summed E-state index contributed by atoms with van der Waals surface area (Å²) < 4.78 is 36.4. The molecule has 0 unspecified atom stereocenters. The van der Waals surface area contributed by atoms with Crippen molar-refractivity contribution in [1.29, 1.82) is 0 Å². The monoisotopic (exact) mass is 627 g/mol. The molecule has 1 aliphatic carbocycles. The molecular formula is C31H35F2N5O5S. The Labute approximate surface area is 257 Å². The molecule has 2 N–H and O–H groups in total. The van der Waals surface area contributed by atoms with Crippen molar-refractivity contribution in [3.05, 3.63) is 63.0 Å². The number of hydrogen-bond acceptors (Lipinski definition) is 9. The van der Waals surface area contributed by atoms with Crippen LogP contribution >= 0.6 is 11.3 Å². The average molecular weight is 628 g/mol. The number of likely N-dealkylation sites (tertiary alicyclic amines) is 2. The maximum atomic E-state index is 16.2. The largest absolute Gasteiger partial charge is 0.481 e. The van der Waals surface area contributed by atoms with E-state index in [1.807, 2.05) is 10.3 Å². The van der Waals surface area contributed by atoms with Gasteiger partial charge in [-0.15, -0.1) is 11.3 Å². The number of nitrogens with one attached hydrogen (secondary N) is 1. The number of hydrogen-bond donors (Lipinski definition) is 2. The second-order valence-electron chi connectivity index (χ2n) is 12.0. The molecular weight excluding hydrogens is 592 g/mol. The van der Waals surface area contributed by atoms with Gasteiger partial charge in [0.2, 0.25) is 0 Å². The fourth-order valence-electron chi connectivity index (χ4n) is 6.86. The SMILES string of the molecule is CCOC(=O)C1=C(CN2CC[C@]3(F)C(=O)N(CC4CC(C(=O)O)C4)C[C@@H]3C2)NC(c2nccs2)=N[C@H]1c1cccc(F)c1C. The van der Waals surface area contributed by atoms with Crippen LogP contribution in [0.4, 0.5) is 8.78 Å². The summed E-state index contributed by atoms with van der Waals surface area (Å²) >= 11 is 1.37. The van der Waals surface area contributed by atoms with E-state index >= 15 is 4.39 Å². The number of aromatic nitrogens is 1. The smallest absolute Gasteiger partial charge is 0.338 e. The predicted octanol–water partition coefficient (Wildman–Crippen LogP) is 3.48. The lowest BCUT2D eigenvalue weighted by Crippen LogP contribution is -2.52. The van der Waals surface area contributed by atoms with E-state index < -0.39 is 47.2 Å². The number of amidine groups is 1. The molecule has 0 spiro atoms. The van der Waals surface area contributed by atoms with Crippen molar-refractivity contribution in [2.45, 2.75) is 44.8 Å². The molecule has 4 heterocycles. The normalized spacial score (nSPS) is 28.7. The van der Waals surface area contributed by atoms with Crippen LogP contribution in [0.1, 0.15) is 48.4 Å². The van der Waals surface area contributed by atoms with E-state index in [0.29, 0.717) is 47.1 Å². The minimum Gasteiger partial charge on any atom is -0.481 e. The number of aliphatic imine (C=N–C) groups is 1. The van der Waals surface area contributed by atoms with Crippen molar-refractivity contribution < 1.29 is 33.0 Å². The first-order valence-electron chi connectivity index (χ1n) is 14.9. The predicted molar refractivity (Wildman–Crippen MR) is 158 cm³/mol. The molecule has 44 heavy (non-hydrogen) atoms. The Balaban J connectivity index is 1.27. The molecule has 234 valence electrons. The van der Waals surface area contributed by atoms with Crippen molar-refractivity contribution in [3.8, 4) is 0 Å². The first kappa shape index (κ1) is 30.3. The molecule has 1 amide bonds. The minimum atomic E-state index is -1.97. The third-order valence-electron chi connectivity index (χ3n) is 9.31. The van der Waals surface area contributed by atoms with Crippen LogP contribution in [0.5, 0.6) is 0 Å². The molecule has 1 saturated carbocycles. The van der Waals surface area contributed by atoms with Crippen LogP contribution in [0, 0.1) is 30.5 Å². The van der Waals surface area contributed by atoms with Crippen LogP contribution in [-0.4, -0.2) is 88.6 Å². The number of carboxylic acid groups (broad SMARTS) is 1. The molecule has 3 atom stereocenters. The van der Waals surface area contributed by atoms with E-state index in [9.17, 15) is 23.9 Å². The first-order valence-corrected chi connectivity index (χ1v) is 15.8. The van der Waals surface area contributed by atoms with Crippen LogP contribution in [0.3, 0.4) is 0 Å². The summed E-state index contributed by atoms with van der Waals surface area (Å²) in [6, 6.07) is 3.83. The van der Waals surface area contributed by atoms with Crippen molar-refractivity contribution in [3.63, 3.8) is 0 Å². The summed E-state index contributed by atoms with van der Waals surface area (Å²) in [6.07, 6.45) is 2.66. The van der Waals surface area contributed by atoms with Gasteiger partial charge in [-0.05, 0) is 49.8 Å². The van der Waals surface area contributed by atoms with Gasteiger partial charge in [-0.1, -0.05) is 12.1 Å². The second kappa shape index (κ2) is 12.0. The zero-order chi connectivity index (χ0) is 31.2. The third kappa shape index (κ3) is 5.51. The summed E-state index contributed by atoms with van der Waals surface area (Å²) in [6.45, 7) is 4.92. The van der Waals surface area contributed by atoms with E-state index in [-0.39, 0.29) is 50.7 Å². The van der Waals surface area contributed by atoms with E-state index in [0.717, 1.165) is 0 Å². The lowest BCUT2D eigenvalue weighted by Gasteiger charge is -2.38. The summed E-state index contributed by atoms with van der Waals surface area (Å²) in [7, 11) is 0. The van der Waals surface area contributed by atoms with Crippen LogP contribution in [-0.2, 0) is 19.1 Å². The number of carbonyl (C=O) groups excluding carboxylic acids is 2. The number of fused-ring (bicyclic) bond motifs is 1. The van der Waals surface area contributed by atoms with Gasteiger partial charge in [0.15, 0.2) is 16.5 Å². The molecule has 13 heteroatoms. The number of piperidine rings is 1. The summed E-state index contributed by atoms with van der Waals surface area (Å²) in [4.78, 5) is 50.7. The van der Waals surface area contributed by atoms with Gasteiger partial charge in [-0.25, -0.2) is 18.6 Å². The Morgan fingerprint density at radius 3 is 2.77 bits per heavy atom. The fraction of sp³-hybridized carbons (Fsp3) is 0.516. The molecule has 3 fully saturated rings. The molecule has 3 aliphatic heterocycles. The number of nitrogens with zero attached hydrogens (tertiary/aromatic N) is 4. The van der Waals surface area contributed by atoms with E-state index in [1.165, 1.54) is 17.4 Å². The Kier molecular flexibility index (Phi) is 8.27. The lowest BCUT2D eigenvalue weighted by molar-refractivity contribution is -0.147. The molecule has 2 saturated heterocycles. The quantitative estimate of drug-likeness (QED) is 0.405. The van der Waals surface area contributed by atoms with Crippen molar-refractivity contribution in [1.82, 2.24) is 20.1 Å². The highest BCUT2D eigenvalue weighted by Gasteiger charge is 2.57. The number of aliphatic carboxylic acids is 1. The number of alkyl halides is 1. The van der Waals surface area contributed by atoms with Gasteiger partial charge in [0.05, 0.1) is 18.1 Å². The zero-order valence-corrected chi connectivity index (χ0v) is 25.4. The fourth-order valence-corrected chi connectivity index (χ4v) is 7.44. The van der Waals surface area contributed by atoms with Gasteiger partial charge in [-0.3, -0.25) is 19.5 Å². The maximum Gasteiger partial charge on any atom is 0.338 e. The number of thiazole rings is 1. The number of carbonyl (C=O) groups is 3. The number of ether oxygens (including phenoxy) is 1. The molecule has 6 rings (SSSR count). The van der Waals surface area contributed by atoms with Gasteiger partial charge in [0, 0.05) is 62.3 Å². The van der Waals surface area contributed by atoms with Crippen LogP contribution in [0.2, 0.25) is 0 Å². The summed E-state index contributed by atoms with van der Waals surface area (Å²) in [5.41, 5.74) is -0.312.